The molecule has 1 atom stereocenters. The smallest absolute Gasteiger partial charge is 0.261 e. The monoisotopic (exact) mass is 422 g/mol. The van der Waals surface area contributed by atoms with Gasteiger partial charge in [-0.05, 0) is 46.7 Å². The molecule has 0 saturated carbocycles. The van der Waals surface area contributed by atoms with Gasteiger partial charge in [0.15, 0.2) is 11.5 Å². The molecule has 1 aliphatic rings. The summed E-state index contributed by atoms with van der Waals surface area (Å²) in [7, 11) is 3.32. The lowest BCUT2D eigenvalue weighted by atomic mass is 9.91. The SMILES string of the molecule is COc1cc2c(cc1OC)[C@@H](CNC(=O)c1cccs1)N(Cc1ccccc1)CC2. The zero-order valence-corrected chi connectivity index (χ0v) is 18.1. The highest BCUT2D eigenvalue weighted by atomic mass is 32.1. The second kappa shape index (κ2) is 9.32. The molecule has 30 heavy (non-hydrogen) atoms. The van der Waals surface area contributed by atoms with Gasteiger partial charge in [0.1, 0.15) is 0 Å². The predicted molar refractivity (Wildman–Crippen MR) is 119 cm³/mol. The highest BCUT2D eigenvalue weighted by Gasteiger charge is 2.29. The van der Waals surface area contributed by atoms with Crippen molar-refractivity contribution in [2.75, 3.05) is 27.3 Å². The summed E-state index contributed by atoms with van der Waals surface area (Å²) in [5, 5.41) is 5.06. The van der Waals surface area contributed by atoms with E-state index >= 15 is 0 Å². The fourth-order valence-corrected chi connectivity index (χ4v) is 4.65. The number of hydrogen-bond donors (Lipinski definition) is 1. The first-order valence-corrected chi connectivity index (χ1v) is 10.9. The summed E-state index contributed by atoms with van der Waals surface area (Å²) in [5.74, 6) is 1.43. The van der Waals surface area contributed by atoms with Crippen LogP contribution < -0.4 is 14.8 Å². The third-order valence-corrected chi connectivity index (χ3v) is 6.41. The Kier molecular flexibility index (Phi) is 6.35. The Morgan fingerprint density at radius 1 is 1.10 bits per heavy atom. The van der Waals surface area contributed by atoms with Crippen molar-refractivity contribution in [1.29, 1.82) is 0 Å². The topological polar surface area (TPSA) is 50.8 Å². The van der Waals surface area contributed by atoms with Gasteiger partial charge >= 0.3 is 0 Å². The summed E-state index contributed by atoms with van der Waals surface area (Å²) in [4.78, 5) is 15.7. The molecule has 2 heterocycles. The van der Waals surface area contributed by atoms with E-state index < -0.39 is 0 Å². The standard InChI is InChI=1S/C24H26N2O3S/c1-28-21-13-18-10-11-26(16-17-7-4-3-5-8-17)20(19(18)14-22(21)29-2)15-25-24(27)23-9-6-12-30-23/h3-9,12-14,20H,10-11,15-16H2,1-2H3,(H,25,27)/t20-/m1/s1. The molecule has 0 fully saturated rings. The van der Waals surface area contributed by atoms with Gasteiger partial charge in [-0.25, -0.2) is 0 Å². The molecule has 5 nitrogen and oxygen atoms in total. The largest absolute Gasteiger partial charge is 0.493 e. The van der Waals surface area contributed by atoms with Crippen LogP contribution in [0.1, 0.15) is 32.4 Å². The van der Waals surface area contributed by atoms with Crippen LogP contribution in [0.2, 0.25) is 0 Å². The Morgan fingerprint density at radius 2 is 1.87 bits per heavy atom. The lowest BCUT2D eigenvalue weighted by Crippen LogP contribution is -2.41. The fraction of sp³-hybridized carbons (Fsp3) is 0.292. The molecule has 1 N–H and O–H groups in total. The first-order chi connectivity index (χ1) is 14.7. The number of carbonyl (C=O) groups is 1. The maximum Gasteiger partial charge on any atom is 0.261 e. The van der Waals surface area contributed by atoms with Gasteiger partial charge in [0.05, 0.1) is 25.1 Å². The van der Waals surface area contributed by atoms with Gasteiger partial charge < -0.3 is 14.8 Å². The molecule has 0 unspecified atom stereocenters. The minimum absolute atomic E-state index is 0.0303. The minimum atomic E-state index is -0.0303. The van der Waals surface area contributed by atoms with E-state index in [0.717, 1.165) is 30.1 Å². The second-order valence-electron chi connectivity index (χ2n) is 7.32. The number of nitrogens with one attached hydrogen (secondary N) is 1. The highest BCUT2D eigenvalue weighted by molar-refractivity contribution is 7.12. The Balaban J connectivity index is 1.63. The van der Waals surface area contributed by atoms with Crippen molar-refractivity contribution in [3.05, 3.63) is 81.5 Å². The number of nitrogens with zero attached hydrogens (tertiary/aromatic N) is 1. The van der Waals surface area contributed by atoms with Crippen molar-refractivity contribution >= 4 is 17.2 Å². The average Bonchev–Trinajstić information content (AvgIpc) is 3.33. The van der Waals surface area contributed by atoms with Crippen LogP contribution in [0.5, 0.6) is 11.5 Å². The molecule has 0 saturated heterocycles. The average molecular weight is 423 g/mol. The maximum absolute atomic E-state index is 12.6. The zero-order valence-electron chi connectivity index (χ0n) is 17.3. The molecule has 0 aliphatic carbocycles. The van der Waals surface area contributed by atoms with Crippen LogP contribution in [0.25, 0.3) is 0 Å². The number of benzene rings is 2. The summed E-state index contributed by atoms with van der Waals surface area (Å²) in [6.07, 6.45) is 0.928. The molecular weight excluding hydrogens is 396 g/mol. The van der Waals surface area contributed by atoms with Crippen LogP contribution in [-0.2, 0) is 13.0 Å². The van der Waals surface area contributed by atoms with Crippen molar-refractivity contribution in [3.8, 4) is 11.5 Å². The third kappa shape index (κ3) is 4.35. The van der Waals surface area contributed by atoms with Gasteiger partial charge in [0, 0.05) is 19.6 Å². The van der Waals surface area contributed by atoms with Crippen LogP contribution in [0.3, 0.4) is 0 Å². The molecule has 1 amide bonds. The summed E-state index contributed by atoms with van der Waals surface area (Å²) in [5.41, 5.74) is 3.68. The van der Waals surface area contributed by atoms with Crippen LogP contribution in [0.4, 0.5) is 0 Å². The molecule has 0 bridgehead atoms. The van der Waals surface area contributed by atoms with E-state index in [1.54, 1.807) is 14.2 Å². The van der Waals surface area contributed by atoms with Crippen molar-refractivity contribution in [2.24, 2.45) is 0 Å². The van der Waals surface area contributed by atoms with E-state index in [1.807, 2.05) is 23.6 Å². The minimum Gasteiger partial charge on any atom is -0.493 e. The van der Waals surface area contributed by atoms with Gasteiger partial charge in [-0.3, -0.25) is 9.69 Å². The van der Waals surface area contributed by atoms with Crippen LogP contribution >= 0.6 is 11.3 Å². The number of carbonyl (C=O) groups excluding carboxylic acids is 1. The Labute approximate surface area is 181 Å². The quantitative estimate of drug-likeness (QED) is 0.617. The molecule has 6 heteroatoms. The van der Waals surface area contributed by atoms with Gasteiger partial charge in [-0.1, -0.05) is 36.4 Å². The van der Waals surface area contributed by atoms with Gasteiger partial charge in [-0.15, -0.1) is 11.3 Å². The van der Waals surface area contributed by atoms with Gasteiger partial charge in [-0.2, -0.15) is 0 Å². The van der Waals surface area contributed by atoms with E-state index in [4.69, 9.17) is 9.47 Å². The van der Waals surface area contributed by atoms with Gasteiger partial charge in [0.2, 0.25) is 0 Å². The van der Waals surface area contributed by atoms with E-state index in [1.165, 1.54) is 28.0 Å². The highest BCUT2D eigenvalue weighted by Crippen LogP contribution is 2.38. The summed E-state index contributed by atoms with van der Waals surface area (Å²) in [6.45, 7) is 2.27. The summed E-state index contributed by atoms with van der Waals surface area (Å²) >= 11 is 1.46. The van der Waals surface area contributed by atoms with E-state index in [-0.39, 0.29) is 11.9 Å². The number of methoxy groups -OCH3 is 2. The van der Waals surface area contributed by atoms with Crippen molar-refractivity contribution in [1.82, 2.24) is 10.2 Å². The van der Waals surface area contributed by atoms with Crippen molar-refractivity contribution in [2.45, 2.75) is 19.0 Å². The van der Waals surface area contributed by atoms with E-state index in [9.17, 15) is 4.79 Å². The number of ether oxygens (including phenoxy) is 2. The normalized spacial score (nSPS) is 16.0. The Morgan fingerprint density at radius 3 is 2.57 bits per heavy atom. The van der Waals surface area contributed by atoms with Crippen LogP contribution in [-0.4, -0.2) is 38.1 Å². The maximum atomic E-state index is 12.6. The zero-order chi connectivity index (χ0) is 20.9. The summed E-state index contributed by atoms with van der Waals surface area (Å²) in [6, 6.07) is 18.4. The molecule has 0 radical (unpaired) electrons. The Hall–Kier alpha value is -2.83. The number of fused-ring (bicyclic) bond motifs is 1. The molecule has 156 valence electrons. The molecule has 1 aliphatic heterocycles. The van der Waals surface area contributed by atoms with E-state index in [0.29, 0.717) is 12.3 Å². The molecule has 3 aromatic rings. The lowest BCUT2D eigenvalue weighted by Gasteiger charge is -2.38. The Bertz CT molecular complexity index is 989. The second-order valence-corrected chi connectivity index (χ2v) is 8.26. The third-order valence-electron chi connectivity index (χ3n) is 5.54. The molecule has 4 rings (SSSR count). The van der Waals surface area contributed by atoms with Crippen LogP contribution in [0, 0.1) is 0 Å². The molecule has 2 aromatic carbocycles. The molecule has 1 aromatic heterocycles. The molecule has 0 spiro atoms. The number of rotatable bonds is 7. The van der Waals surface area contributed by atoms with Crippen molar-refractivity contribution < 1.29 is 14.3 Å². The number of amides is 1. The van der Waals surface area contributed by atoms with Gasteiger partial charge in [0.25, 0.3) is 5.91 Å². The lowest BCUT2D eigenvalue weighted by molar-refractivity contribution is 0.0930. The first kappa shape index (κ1) is 20.4. The van der Waals surface area contributed by atoms with Crippen molar-refractivity contribution in [3.63, 3.8) is 0 Å². The predicted octanol–water partition coefficient (Wildman–Crippen LogP) is 4.29. The first-order valence-electron chi connectivity index (χ1n) is 10.0. The number of thiophene rings is 1. The number of hydrogen-bond acceptors (Lipinski definition) is 5. The summed E-state index contributed by atoms with van der Waals surface area (Å²) < 4.78 is 11.1. The van der Waals surface area contributed by atoms with Crippen LogP contribution in [0.15, 0.2) is 60.0 Å². The molecular formula is C24H26N2O3S. The fourth-order valence-electron chi connectivity index (χ4n) is 4.01. The van der Waals surface area contributed by atoms with E-state index in [2.05, 4.69) is 46.6 Å².